The van der Waals surface area contributed by atoms with Crippen molar-refractivity contribution in [2.24, 2.45) is 11.7 Å². The predicted molar refractivity (Wildman–Crippen MR) is 74.7 cm³/mol. The van der Waals surface area contributed by atoms with Crippen LogP contribution in [0.2, 0.25) is 5.02 Å². The summed E-state index contributed by atoms with van der Waals surface area (Å²) in [5.74, 6) is 0.381. The predicted octanol–water partition coefficient (Wildman–Crippen LogP) is 0.327. The second kappa shape index (κ2) is 5.90. The minimum atomic E-state index is -0.288. The fourth-order valence-electron chi connectivity index (χ4n) is 2.20. The molecular weight excluding hydrogens is 268 g/mol. The van der Waals surface area contributed by atoms with E-state index in [4.69, 9.17) is 22.1 Å². The molecule has 106 valence electrons. The Morgan fingerprint density at radius 3 is 2.89 bits per heavy atom. The van der Waals surface area contributed by atoms with Crippen LogP contribution < -0.4 is 16.2 Å². The van der Waals surface area contributed by atoms with E-state index in [1.165, 1.54) is 4.68 Å². The van der Waals surface area contributed by atoms with Gasteiger partial charge in [-0.15, -0.1) is 0 Å². The Morgan fingerprint density at radius 1 is 1.58 bits per heavy atom. The van der Waals surface area contributed by atoms with Crippen molar-refractivity contribution in [2.75, 3.05) is 31.7 Å². The van der Waals surface area contributed by atoms with Gasteiger partial charge in [0.05, 0.1) is 25.0 Å². The van der Waals surface area contributed by atoms with Crippen LogP contribution in [0.15, 0.2) is 11.0 Å². The molecule has 0 bridgehead atoms. The van der Waals surface area contributed by atoms with E-state index in [-0.39, 0.29) is 16.6 Å². The molecule has 2 atom stereocenters. The van der Waals surface area contributed by atoms with Gasteiger partial charge in [0.15, 0.2) is 0 Å². The first-order valence-corrected chi connectivity index (χ1v) is 6.67. The fraction of sp³-hybridized carbons (Fsp3) is 0.667. The normalized spacial score (nSPS) is 23.1. The van der Waals surface area contributed by atoms with Crippen molar-refractivity contribution < 1.29 is 4.74 Å². The van der Waals surface area contributed by atoms with Crippen LogP contribution >= 0.6 is 11.6 Å². The lowest BCUT2D eigenvalue weighted by atomic mass is 10.1. The number of aromatic nitrogens is 2. The van der Waals surface area contributed by atoms with Crippen molar-refractivity contribution in [2.45, 2.75) is 19.5 Å². The minimum Gasteiger partial charge on any atom is -0.383 e. The van der Waals surface area contributed by atoms with Gasteiger partial charge in [0.1, 0.15) is 5.02 Å². The van der Waals surface area contributed by atoms with Crippen molar-refractivity contribution in [3.63, 3.8) is 0 Å². The number of hydrogen-bond acceptors (Lipinski definition) is 5. The van der Waals surface area contributed by atoms with E-state index >= 15 is 0 Å². The molecule has 2 rings (SSSR count). The van der Waals surface area contributed by atoms with Crippen LogP contribution in [0.5, 0.6) is 0 Å². The Balaban J connectivity index is 2.24. The summed E-state index contributed by atoms with van der Waals surface area (Å²) in [6, 6.07) is 0.104. The van der Waals surface area contributed by atoms with Gasteiger partial charge in [0, 0.05) is 26.2 Å². The van der Waals surface area contributed by atoms with Crippen LogP contribution in [0.25, 0.3) is 0 Å². The number of methoxy groups -OCH3 is 1. The van der Waals surface area contributed by atoms with Crippen LogP contribution in [0.3, 0.4) is 0 Å². The molecule has 6 nitrogen and oxygen atoms in total. The van der Waals surface area contributed by atoms with Gasteiger partial charge in [-0.1, -0.05) is 18.5 Å². The van der Waals surface area contributed by atoms with Gasteiger partial charge in [-0.2, -0.15) is 5.10 Å². The first-order valence-electron chi connectivity index (χ1n) is 6.29. The molecule has 1 aliphatic heterocycles. The molecule has 2 N–H and O–H groups in total. The summed E-state index contributed by atoms with van der Waals surface area (Å²) in [6.45, 7) is 4.40. The number of nitrogens with zero attached hydrogens (tertiary/aromatic N) is 3. The summed E-state index contributed by atoms with van der Waals surface area (Å²) < 4.78 is 6.24. The van der Waals surface area contributed by atoms with Gasteiger partial charge in [0.2, 0.25) is 0 Å². The van der Waals surface area contributed by atoms with Crippen molar-refractivity contribution in [1.82, 2.24) is 9.78 Å². The maximum Gasteiger partial charge on any atom is 0.287 e. The number of ether oxygens (including phenoxy) is 1. The van der Waals surface area contributed by atoms with Crippen molar-refractivity contribution in [1.29, 1.82) is 0 Å². The van der Waals surface area contributed by atoms with E-state index in [0.717, 1.165) is 6.54 Å². The summed E-state index contributed by atoms with van der Waals surface area (Å²) in [5, 5.41) is 4.33. The van der Waals surface area contributed by atoms with Gasteiger partial charge in [-0.3, -0.25) is 4.79 Å². The lowest BCUT2D eigenvalue weighted by Crippen LogP contribution is -2.31. The molecule has 2 unspecified atom stereocenters. The Kier molecular flexibility index (Phi) is 4.44. The molecule has 1 fully saturated rings. The highest BCUT2D eigenvalue weighted by atomic mass is 35.5. The highest BCUT2D eigenvalue weighted by Gasteiger charge is 2.28. The molecule has 0 amide bonds. The van der Waals surface area contributed by atoms with Crippen molar-refractivity contribution in [3.8, 4) is 0 Å². The van der Waals surface area contributed by atoms with E-state index in [0.29, 0.717) is 31.3 Å². The standard InChI is InChI=1S/C12H19ClN4O2/c1-8-6-16(7-9(8)14)10-5-15-17(3-4-19-2)12(18)11(10)13/h5,8-9H,3-4,6-7,14H2,1-2H3. The molecule has 0 radical (unpaired) electrons. The Morgan fingerprint density at radius 2 is 2.32 bits per heavy atom. The van der Waals surface area contributed by atoms with Crippen LogP contribution in [-0.4, -0.2) is 42.6 Å². The van der Waals surface area contributed by atoms with Crippen molar-refractivity contribution >= 4 is 17.3 Å². The maximum atomic E-state index is 12.1. The molecule has 1 aromatic rings. The highest BCUT2D eigenvalue weighted by molar-refractivity contribution is 6.33. The van der Waals surface area contributed by atoms with Gasteiger partial charge in [0.25, 0.3) is 5.56 Å². The number of hydrogen-bond donors (Lipinski definition) is 1. The third-order valence-electron chi connectivity index (χ3n) is 3.48. The first-order chi connectivity index (χ1) is 9.04. The molecule has 0 aliphatic carbocycles. The van der Waals surface area contributed by atoms with Crippen LogP contribution in [0, 0.1) is 5.92 Å². The van der Waals surface area contributed by atoms with Gasteiger partial charge in [-0.05, 0) is 5.92 Å². The smallest absolute Gasteiger partial charge is 0.287 e. The topological polar surface area (TPSA) is 73.4 Å². The van der Waals surface area contributed by atoms with Gasteiger partial charge >= 0.3 is 0 Å². The quantitative estimate of drug-likeness (QED) is 0.863. The van der Waals surface area contributed by atoms with E-state index in [2.05, 4.69) is 12.0 Å². The molecule has 1 aliphatic rings. The SMILES string of the molecule is COCCn1ncc(N2CC(C)C(N)C2)c(Cl)c1=O. The van der Waals surface area contributed by atoms with Crippen LogP contribution in [0.1, 0.15) is 6.92 Å². The highest BCUT2D eigenvalue weighted by Crippen LogP contribution is 2.26. The second-order valence-electron chi connectivity index (χ2n) is 4.91. The summed E-state index contributed by atoms with van der Waals surface area (Å²) in [5.41, 5.74) is 6.36. The summed E-state index contributed by atoms with van der Waals surface area (Å²) in [7, 11) is 1.58. The Bertz CT molecular complexity index is 495. The van der Waals surface area contributed by atoms with E-state index in [1.807, 2.05) is 4.90 Å². The fourth-order valence-corrected chi connectivity index (χ4v) is 2.47. The van der Waals surface area contributed by atoms with E-state index < -0.39 is 0 Å². The number of rotatable bonds is 4. The zero-order valence-corrected chi connectivity index (χ0v) is 11.9. The van der Waals surface area contributed by atoms with Crippen LogP contribution in [0.4, 0.5) is 5.69 Å². The molecule has 1 saturated heterocycles. The molecule has 7 heteroatoms. The molecule has 19 heavy (non-hydrogen) atoms. The molecule has 0 saturated carbocycles. The average Bonchev–Trinajstić information content (AvgIpc) is 2.71. The largest absolute Gasteiger partial charge is 0.383 e. The third-order valence-corrected chi connectivity index (χ3v) is 3.84. The van der Waals surface area contributed by atoms with Crippen LogP contribution in [-0.2, 0) is 11.3 Å². The monoisotopic (exact) mass is 286 g/mol. The van der Waals surface area contributed by atoms with Gasteiger partial charge in [-0.25, -0.2) is 4.68 Å². The van der Waals surface area contributed by atoms with E-state index in [1.54, 1.807) is 13.3 Å². The third kappa shape index (κ3) is 2.91. The molecule has 2 heterocycles. The van der Waals surface area contributed by atoms with Gasteiger partial charge < -0.3 is 15.4 Å². The minimum absolute atomic E-state index is 0.104. The van der Waals surface area contributed by atoms with Crippen molar-refractivity contribution in [3.05, 3.63) is 21.6 Å². The zero-order valence-electron chi connectivity index (χ0n) is 11.2. The lowest BCUT2D eigenvalue weighted by molar-refractivity contribution is 0.182. The maximum absolute atomic E-state index is 12.1. The first kappa shape index (κ1) is 14.3. The summed E-state index contributed by atoms with van der Waals surface area (Å²) >= 11 is 6.16. The average molecular weight is 287 g/mol. The number of anilines is 1. The summed E-state index contributed by atoms with van der Waals surface area (Å²) in [4.78, 5) is 14.1. The second-order valence-corrected chi connectivity index (χ2v) is 5.29. The zero-order chi connectivity index (χ0) is 14.0. The lowest BCUT2D eigenvalue weighted by Gasteiger charge is -2.19. The molecular formula is C12H19ClN4O2. The number of halogens is 1. The number of nitrogens with two attached hydrogens (primary N) is 1. The summed E-state index contributed by atoms with van der Waals surface area (Å²) in [6.07, 6.45) is 1.63. The molecule has 0 aromatic carbocycles. The molecule has 0 spiro atoms. The molecule has 1 aromatic heterocycles. The van der Waals surface area contributed by atoms with E-state index in [9.17, 15) is 4.79 Å². The Hall–Kier alpha value is -1.11. The Labute approximate surface area is 117 Å².